The molecule has 9 heteroatoms. The van der Waals surface area contributed by atoms with E-state index in [4.69, 9.17) is 10.8 Å². The molecule has 0 aromatic heterocycles. The van der Waals surface area contributed by atoms with Crippen molar-refractivity contribution in [1.82, 2.24) is 16.0 Å². The van der Waals surface area contributed by atoms with Gasteiger partial charge in [0.05, 0.1) is 12.6 Å². The lowest BCUT2D eigenvalue weighted by molar-refractivity contribution is -0.142. The molecule has 0 radical (unpaired) electrons. The van der Waals surface area contributed by atoms with Gasteiger partial charge in [-0.15, -0.1) is 0 Å². The van der Waals surface area contributed by atoms with Crippen LogP contribution in [0.4, 0.5) is 0 Å². The third-order valence-corrected chi connectivity index (χ3v) is 3.92. The van der Waals surface area contributed by atoms with Crippen molar-refractivity contribution in [1.29, 1.82) is 0 Å². The number of rotatable bonds is 13. The Balaban J connectivity index is 4.24. The van der Waals surface area contributed by atoms with Gasteiger partial charge < -0.3 is 26.8 Å². The second-order valence-corrected chi connectivity index (χ2v) is 6.07. The molecule has 0 bridgehead atoms. The van der Waals surface area contributed by atoms with Gasteiger partial charge in [0.15, 0.2) is 0 Å². The maximum atomic E-state index is 11.9. The number of carboxylic acid groups (broad SMARTS) is 1. The van der Waals surface area contributed by atoms with Crippen molar-refractivity contribution in [2.45, 2.75) is 37.8 Å². The summed E-state index contributed by atoms with van der Waals surface area (Å²) in [5, 5.41) is 16.9. The Hall–Kier alpha value is -1.32. The Kier molecular flexibility index (Phi) is 12.4. The van der Waals surface area contributed by atoms with Crippen LogP contribution in [-0.2, 0) is 14.4 Å². The Morgan fingerprint density at radius 1 is 1.17 bits per heavy atom. The first-order valence-electron chi connectivity index (χ1n) is 7.62. The molecule has 0 saturated carbocycles. The van der Waals surface area contributed by atoms with Crippen LogP contribution in [-0.4, -0.2) is 67.1 Å². The van der Waals surface area contributed by atoms with Crippen molar-refractivity contribution in [3.05, 3.63) is 0 Å². The standard InChI is InChI=1S/C14H28N4O4S/c1-16-10(6-8-23-2)13(20)17-9-12(19)18-11(14(21)22)5-3-4-7-15/h10-11,16H,3-9,15H2,1-2H3,(H,17,20)(H,18,19)(H,21,22). The number of hydrogen-bond acceptors (Lipinski definition) is 6. The summed E-state index contributed by atoms with van der Waals surface area (Å²) in [4.78, 5) is 34.8. The topological polar surface area (TPSA) is 134 Å². The summed E-state index contributed by atoms with van der Waals surface area (Å²) in [5.41, 5.74) is 5.36. The monoisotopic (exact) mass is 348 g/mol. The van der Waals surface area contributed by atoms with E-state index in [1.165, 1.54) is 0 Å². The number of likely N-dealkylation sites (N-methyl/N-ethyl adjacent to an activating group) is 1. The summed E-state index contributed by atoms with van der Waals surface area (Å²) in [6.07, 6.45) is 4.25. The van der Waals surface area contributed by atoms with Gasteiger partial charge in [-0.3, -0.25) is 9.59 Å². The minimum absolute atomic E-state index is 0.239. The number of aliphatic carboxylic acids is 1. The second kappa shape index (κ2) is 13.1. The third-order valence-electron chi connectivity index (χ3n) is 3.28. The molecule has 8 nitrogen and oxygen atoms in total. The SMILES string of the molecule is CNC(CCSC)C(=O)NCC(=O)NC(CCCCN)C(=O)O. The zero-order valence-corrected chi connectivity index (χ0v) is 14.6. The van der Waals surface area contributed by atoms with Gasteiger partial charge in [-0.1, -0.05) is 0 Å². The van der Waals surface area contributed by atoms with E-state index in [0.29, 0.717) is 32.2 Å². The number of amides is 2. The first-order chi connectivity index (χ1) is 11.0. The third kappa shape index (κ3) is 10.1. The normalized spacial score (nSPS) is 13.2. The van der Waals surface area contributed by atoms with E-state index in [0.717, 1.165) is 5.75 Å². The fourth-order valence-electron chi connectivity index (χ4n) is 1.93. The highest BCUT2D eigenvalue weighted by Crippen LogP contribution is 2.01. The van der Waals surface area contributed by atoms with Gasteiger partial charge in [0.2, 0.25) is 11.8 Å². The van der Waals surface area contributed by atoms with Crippen molar-refractivity contribution >= 4 is 29.5 Å². The summed E-state index contributed by atoms with van der Waals surface area (Å²) < 4.78 is 0. The lowest BCUT2D eigenvalue weighted by Crippen LogP contribution is -2.49. The average molecular weight is 348 g/mol. The van der Waals surface area contributed by atoms with Crippen LogP contribution in [0.2, 0.25) is 0 Å². The minimum atomic E-state index is -1.09. The van der Waals surface area contributed by atoms with Gasteiger partial charge in [0.25, 0.3) is 0 Å². The Morgan fingerprint density at radius 3 is 2.39 bits per heavy atom. The van der Waals surface area contributed by atoms with Gasteiger partial charge in [0, 0.05) is 0 Å². The molecule has 2 atom stereocenters. The van der Waals surface area contributed by atoms with E-state index >= 15 is 0 Å². The minimum Gasteiger partial charge on any atom is -0.480 e. The molecule has 0 heterocycles. The van der Waals surface area contributed by atoms with E-state index in [-0.39, 0.29) is 18.5 Å². The highest BCUT2D eigenvalue weighted by Gasteiger charge is 2.21. The molecule has 134 valence electrons. The van der Waals surface area contributed by atoms with E-state index in [1.54, 1.807) is 18.8 Å². The lowest BCUT2D eigenvalue weighted by atomic mass is 10.1. The Morgan fingerprint density at radius 2 is 1.87 bits per heavy atom. The van der Waals surface area contributed by atoms with Crippen LogP contribution in [0.3, 0.4) is 0 Å². The number of thioether (sulfide) groups is 1. The molecule has 6 N–H and O–H groups in total. The van der Waals surface area contributed by atoms with Crippen molar-refractivity contribution < 1.29 is 19.5 Å². The molecule has 23 heavy (non-hydrogen) atoms. The molecule has 2 amide bonds. The van der Waals surface area contributed by atoms with Gasteiger partial charge >= 0.3 is 5.97 Å². The molecule has 0 aromatic rings. The summed E-state index contributed by atoms with van der Waals surface area (Å²) in [5.74, 6) is -1.05. The first kappa shape index (κ1) is 21.7. The van der Waals surface area contributed by atoms with Crippen LogP contribution in [0, 0.1) is 0 Å². The van der Waals surface area contributed by atoms with Crippen LogP contribution in [0.1, 0.15) is 25.7 Å². The van der Waals surface area contributed by atoms with Gasteiger partial charge in [-0.2, -0.15) is 11.8 Å². The molecule has 0 aliphatic heterocycles. The zero-order chi connectivity index (χ0) is 17.7. The molecule has 0 spiro atoms. The van der Waals surface area contributed by atoms with Crippen LogP contribution < -0.4 is 21.7 Å². The largest absolute Gasteiger partial charge is 0.480 e. The van der Waals surface area contributed by atoms with Crippen LogP contribution in [0.5, 0.6) is 0 Å². The zero-order valence-electron chi connectivity index (χ0n) is 13.8. The molecular weight excluding hydrogens is 320 g/mol. The molecule has 0 rings (SSSR count). The van der Waals surface area contributed by atoms with E-state index in [2.05, 4.69) is 16.0 Å². The number of unbranched alkanes of at least 4 members (excludes halogenated alkanes) is 1. The molecule has 0 fully saturated rings. The predicted molar refractivity (Wildman–Crippen MR) is 91.3 cm³/mol. The number of carboxylic acids is 1. The Bertz CT molecular complexity index is 382. The summed E-state index contributed by atoms with van der Waals surface area (Å²) >= 11 is 1.63. The number of carbonyl (C=O) groups is 3. The van der Waals surface area contributed by atoms with Crippen molar-refractivity contribution in [3.63, 3.8) is 0 Å². The molecule has 0 aliphatic carbocycles. The molecule has 2 unspecified atom stereocenters. The van der Waals surface area contributed by atoms with Crippen molar-refractivity contribution in [2.75, 3.05) is 32.1 Å². The molecular formula is C14H28N4O4S. The van der Waals surface area contributed by atoms with Crippen molar-refractivity contribution in [3.8, 4) is 0 Å². The first-order valence-corrected chi connectivity index (χ1v) is 9.01. The molecule has 0 aromatic carbocycles. The van der Waals surface area contributed by atoms with Crippen LogP contribution in [0.15, 0.2) is 0 Å². The maximum Gasteiger partial charge on any atom is 0.326 e. The molecule has 0 aliphatic rings. The van der Waals surface area contributed by atoms with Gasteiger partial charge in [-0.05, 0) is 51.3 Å². The highest BCUT2D eigenvalue weighted by atomic mass is 32.2. The number of carbonyl (C=O) groups excluding carboxylic acids is 2. The van der Waals surface area contributed by atoms with Crippen LogP contribution in [0.25, 0.3) is 0 Å². The summed E-state index contributed by atoms with van der Waals surface area (Å²) in [7, 11) is 1.68. The molecule has 0 saturated heterocycles. The maximum absolute atomic E-state index is 11.9. The second-order valence-electron chi connectivity index (χ2n) is 5.08. The number of nitrogens with one attached hydrogen (secondary N) is 3. The van der Waals surface area contributed by atoms with E-state index in [9.17, 15) is 14.4 Å². The highest BCUT2D eigenvalue weighted by molar-refractivity contribution is 7.98. The van der Waals surface area contributed by atoms with E-state index < -0.39 is 17.9 Å². The Labute approximate surface area is 141 Å². The van der Waals surface area contributed by atoms with Gasteiger partial charge in [-0.25, -0.2) is 4.79 Å². The quantitative estimate of drug-likeness (QED) is 0.274. The summed E-state index contributed by atoms with van der Waals surface area (Å²) in [6.45, 7) is 0.245. The fraction of sp³-hybridized carbons (Fsp3) is 0.786. The fourth-order valence-corrected chi connectivity index (χ4v) is 2.40. The van der Waals surface area contributed by atoms with Gasteiger partial charge in [0.1, 0.15) is 6.04 Å². The average Bonchev–Trinajstić information content (AvgIpc) is 2.52. The van der Waals surface area contributed by atoms with E-state index in [1.807, 2.05) is 6.26 Å². The predicted octanol–water partition coefficient (Wildman–Crippen LogP) is -0.858. The smallest absolute Gasteiger partial charge is 0.326 e. The number of hydrogen-bond donors (Lipinski definition) is 5. The van der Waals surface area contributed by atoms with Crippen LogP contribution >= 0.6 is 11.8 Å². The lowest BCUT2D eigenvalue weighted by Gasteiger charge is -2.17. The van der Waals surface area contributed by atoms with Crippen molar-refractivity contribution in [2.24, 2.45) is 5.73 Å². The summed E-state index contributed by atoms with van der Waals surface area (Å²) in [6, 6.07) is -1.32. The number of nitrogens with two attached hydrogens (primary N) is 1.